The van der Waals surface area contributed by atoms with Crippen molar-refractivity contribution in [1.29, 1.82) is 0 Å². The molecule has 5 nitrogen and oxygen atoms in total. The zero-order valence-corrected chi connectivity index (χ0v) is 11.0. The smallest absolute Gasteiger partial charge is 0.148 e. The Balaban J connectivity index is 2.13. The van der Waals surface area contributed by atoms with Gasteiger partial charge in [-0.15, -0.1) is 0 Å². The number of likely N-dealkylation sites (N-methyl/N-ethyl adjacent to an activating group) is 1. The van der Waals surface area contributed by atoms with Crippen LogP contribution >= 0.6 is 0 Å². The summed E-state index contributed by atoms with van der Waals surface area (Å²) >= 11 is 0. The van der Waals surface area contributed by atoms with Gasteiger partial charge in [0.2, 0.25) is 0 Å². The predicted molar refractivity (Wildman–Crippen MR) is 71.2 cm³/mol. The number of hydrogen-bond donors (Lipinski definition) is 2. The molecule has 0 bridgehead atoms. The summed E-state index contributed by atoms with van der Waals surface area (Å²) in [6, 6.07) is 0.494. The number of anilines is 2. The molecule has 3 N–H and O–H groups in total. The van der Waals surface area contributed by atoms with Crippen molar-refractivity contribution < 1.29 is 0 Å². The third kappa shape index (κ3) is 2.54. The molecule has 0 amide bonds. The Bertz CT molecular complexity index is 384. The molecule has 1 atom stereocenters. The maximum Gasteiger partial charge on any atom is 0.148 e. The molecule has 2 heterocycles. The number of likely N-dealkylation sites (tertiary alicyclic amines) is 1. The second-order valence-corrected chi connectivity index (χ2v) is 4.96. The number of nitrogen functional groups attached to an aromatic ring is 1. The zero-order chi connectivity index (χ0) is 12.4. The first-order valence-corrected chi connectivity index (χ1v) is 6.39. The highest BCUT2D eigenvalue weighted by atomic mass is 15.3. The van der Waals surface area contributed by atoms with Crippen molar-refractivity contribution >= 4 is 11.5 Å². The third-order valence-electron chi connectivity index (χ3n) is 3.34. The van der Waals surface area contributed by atoms with Crippen LogP contribution < -0.4 is 11.1 Å². The lowest BCUT2D eigenvalue weighted by atomic mass is 10.2. The standard InChI is InChI=1S/C12H23N5/c1-4-6-17-12(11(13)9(2)15-17)14-10-5-7-16(3)8-10/h10,14H,4-8,13H2,1-3H3. The number of nitrogens with one attached hydrogen (secondary N) is 1. The second-order valence-electron chi connectivity index (χ2n) is 4.96. The highest BCUT2D eigenvalue weighted by Gasteiger charge is 2.22. The van der Waals surface area contributed by atoms with E-state index in [0.717, 1.165) is 43.3 Å². The van der Waals surface area contributed by atoms with Crippen LogP contribution in [0.15, 0.2) is 0 Å². The molecule has 1 saturated heterocycles. The maximum atomic E-state index is 6.09. The summed E-state index contributed by atoms with van der Waals surface area (Å²) in [5.41, 5.74) is 7.81. The Labute approximate surface area is 103 Å². The molecular formula is C12H23N5. The van der Waals surface area contributed by atoms with Crippen molar-refractivity contribution in [2.75, 3.05) is 31.2 Å². The highest BCUT2D eigenvalue weighted by Crippen LogP contribution is 2.24. The molecule has 1 aromatic rings. The molecule has 0 saturated carbocycles. The van der Waals surface area contributed by atoms with Crippen LogP contribution in [0.4, 0.5) is 11.5 Å². The molecule has 0 aliphatic carbocycles. The van der Waals surface area contributed by atoms with Gasteiger partial charge in [0.15, 0.2) is 0 Å². The van der Waals surface area contributed by atoms with Crippen LogP contribution in [-0.2, 0) is 6.54 Å². The van der Waals surface area contributed by atoms with Gasteiger partial charge in [0.1, 0.15) is 5.82 Å². The molecule has 17 heavy (non-hydrogen) atoms. The third-order valence-corrected chi connectivity index (χ3v) is 3.34. The first-order valence-electron chi connectivity index (χ1n) is 6.39. The average molecular weight is 237 g/mol. The van der Waals surface area contributed by atoms with E-state index in [1.165, 1.54) is 6.42 Å². The highest BCUT2D eigenvalue weighted by molar-refractivity contribution is 5.65. The summed E-state index contributed by atoms with van der Waals surface area (Å²) in [6.07, 6.45) is 2.24. The zero-order valence-electron chi connectivity index (χ0n) is 11.0. The van der Waals surface area contributed by atoms with Gasteiger partial charge in [-0.05, 0) is 33.4 Å². The first-order chi connectivity index (χ1) is 8.11. The van der Waals surface area contributed by atoms with Crippen molar-refractivity contribution in [3.63, 3.8) is 0 Å². The second kappa shape index (κ2) is 4.96. The Morgan fingerprint density at radius 3 is 2.88 bits per heavy atom. The Hall–Kier alpha value is -1.23. The lowest BCUT2D eigenvalue weighted by molar-refractivity contribution is 0.413. The van der Waals surface area contributed by atoms with Gasteiger partial charge >= 0.3 is 0 Å². The number of rotatable bonds is 4. The van der Waals surface area contributed by atoms with E-state index in [1.54, 1.807) is 0 Å². The molecule has 1 fully saturated rings. The summed E-state index contributed by atoms with van der Waals surface area (Å²) < 4.78 is 2.00. The summed E-state index contributed by atoms with van der Waals surface area (Å²) in [5, 5.41) is 8.02. The topological polar surface area (TPSA) is 59.1 Å². The van der Waals surface area contributed by atoms with Gasteiger partial charge in [0.25, 0.3) is 0 Å². The molecule has 0 aromatic carbocycles. The molecule has 5 heteroatoms. The lowest BCUT2D eigenvalue weighted by Gasteiger charge is -2.16. The lowest BCUT2D eigenvalue weighted by Crippen LogP contribution is -2.25. The first kappa shape index (κ1) is 12.2. The van der Waals surface area contributed by atoms with Gasteiger partial charge in [-0.3, -0.25) is 0 Å². The van der Waals surface area contributed by atoms with E-state index in [2.05, 4.69) is 29.3 Å². The quantitative estimate of drug-likeness (QED) is 0.828. The SMILES string of the molecule is CCCn1nc(C)c(N)c1NC1CCN(C)C1. The van der Waals surface area contributed by atoms with Gasteiger partial charge in [-0.1, -0.05) is 6.92 Å². The van der Waals surface area contributed by atoms with Crippen LogP contribution in [0.25, 0.3) is 0 Å². The van der Waals surface area contributed by atoms with Gasteiger partial charge in [0.05, 0.1) is 11.4 Å². The summed E-state index contributed by atoms with van der Waals surface area (Å²) in [4.78, 5) is 2.33. The van der Waals surface area contributed by atoms with Crippen LogP contribution in [0.5, 0.6) is 0 Å². The van der Waals surface area contributed by atoms with Crippen LogP contribution in [-0.4, -0.2) is 40.9 Å². The monoisotopic (exact) mass is 237 g/mol. The number of aromatic nitrogens is 2. The minimum Gasteiger partial charge on any atom is -0.394 e. The molecule has 0 radical (unpaired) electrons. The molecule has 1 aromatic heterocycles. The molecule has 0 spiro atoms. The van der Waals surface area contributed by atoms with E-state index in [4.69, 9.17) is 5.73 Å². The van der Waals surface area contributed by atoms with Crippen LogP contribution in [0, 0.1) is 6.92 Å². The van der Waals surface area contributed by atoms with E-state index >= 15 is 0 Å². The average Bonchev–Trinajstić information content (AvgIpc) is 2.79. The predicted octanol–water partition coefficient (Wildman–Crippen LogP) is 1.30. The molecule has 1 aliphatic heterocycles. The fourth-order valence-electron chi connectivity index (χ4n) is 2.37. The fourth-order valence-corrected chi connectivity index (χ4v) is 2.37. The minimum atomic E-state index is 0.494. The molecular weight excluding hydrogens is 214 g/mol. The van der Waals surface area contributed by atoms with Gasteiger partial charge in [0, 0.05) is 19.1 Å². The van der Waals surface area contributed by atoms with Gasteiger partial charge in [-0.2, -0.15) is 5.10 Å². The van der Waals surface area contributed by atoms with Crippen molar-refractivity contribution in [1.82, 2.24) is 14.7 Å². The van der Waals surface area contributed by atoms with E-state index in [0.29, 0.717) is 6.04 Å². The molecule has 1 aliphatic rings. The number of nitrogens with zero attached hydrogens (tertiary/aromatic N) is 3. The van der Waals surface area contributed by atoms with Gasteiger partial charge in [-0.25, -0.2) is 4.68 Å². The summed E-state index contributed by atoms with van der Waals surface area (Å²) in [5.74, 6) is 1.00. The van der Waals surface area contributed by atoms with Crippen molar-refractivity contribution in [2.24, 2.45) is 0 Å². The maximum absolute atomic E-state index is 6.09. The van der Waals surface area contributed by atoms with Crippen molar-refractivity contribution in [3.8, 4) is 0 Å². The molecule has 2 rings (SSSR count). The van der Waals surface area contributed by atoms with E-state index in [1.807, 2.05) is 11.6 Å². The van der Waals surface area contributed by atoms with Gasteiger partial charge < -0.3 is 16.0 Å². The Morgan fingerprint density at radius 2 is 2.29 bits per heavy atom. The van der Waals surface area contributed by atoms with Crippen molar-refractivity contribution in [2.45, 2.75) is 39.3 Å². The molecule has 96 valence electrons. The van der Waals surface area contributed by atoms with Crippen LogP contribution in [0.2, 0.25) is 0 Å². The Morgan fingerprint density at radius 1 is 1.53 bits per heavy atom. The normalized spacial score (nSPS) is 21.0. The van der Waals surface area contributed by atoms with Crippen molar-refractivity contribution in [3.05, 3.63) is 5.69 Å². The van der Waals surface area contributed by atoms with E-state index < -0.39 is 0 Å². The summed E-state index contributed by atoms with van der Waals surface area (Å²) in [7, 11) is 2.15. The fraction of sp³-hybridized carbons (Fsp3) is 0.750. The van der Waals surface area contributed by atoms with E-state index in [-0.39, 0.29) is 0 Å². The molecule has 1 unspecified atom stereocenters. The largest absolute Gasteiger partial charge is 0.394 e. The number of nitrogens with two attached hydrogens (primary N) is 1. The van der Waals surface area contributed by atoms with E-state index in [9.17, 15) is 0 Å². The van der Waals surface area contributed by atoms with Crippen LogP contribution in [0.3, 0.4) is 0 Å². The minimum absolute atomic E-state index is 0.494. The Kier molecular flexibility index (Phi) is 3.57. The van der Waals surface area contributed by atoms with Crippen LogP contribution in [0.1, 0.15) is 25.5 Å². The number of hydrogen-bond acceptors (Lipinski definition) is 4. The number of aryl methyl sites for hydroxylation is 2. The summed E-state index contributed by atoms with van der Waals surface area (Å²) in [6.45, 7) is 7.27.